The summed E-state index contributed by atoms with van der Waals surface area (Å²) in [5.41, 5.74) is -7.46. The van der Waals surface area contributed by atoms with E-state index in [1.807, 2.05) is 5.32 Å². The molecule has 1 atom stereocenters. The van der Waals surface area contributed by atoms with Gasteiger partial charge < -0.3 is 15.5 Å². The first kappa shape index (κ1) is 31.0. The van der Waals surface area contributed by atoms with E-state index in [2.05, 4.69) is 15.3 Å². The Labute approximate surface area is 225 Å². The zero-order valence-electron chi connectivity index (χ0n) is 20.5. The van der Waals surface area contributed by atoms with Crippen LogP contribution in [0, 0.1) is 12.7 Å². The monoisotopic (exact) mass is 603 g/mol. The summed E-state index contributed by atoms with van der Waals surface area (Å²) in [6, 6.07) is 4.07. The third-order valence-electron chi connectivity index (χ3n) is 5.77. The number of nitrogens with one attached hydrogen (secondary N) is 2. The molecule has 0 radical (unpaired) electrons. The van der Waals surface area contributed by atoms with Crippen LogP contribution in [-0.4, -0.2) is 42.7 Å². The number of hydrogen-bond acceptors (Lipinski definition) is 4. The fourth-order valence-corrected chi connectivity index (χ4v) is 4.01. The molecule has 2 aromatic rings. The minimum absolute atomic E-state index is 0.0263. The first-order valence-corrected chi connectivity index (χ1v) is 11.6. The fourth-order valence-electron chi connectivity index (χ4n) is 3.80. The second kappa shape index (κ2) is 10.8. The molecule has 0 aromatic heterocycles. The van der Waals surface area contributed by atoms with Gasteiger partial charge in [0.15, 0.2) is 0 Å². The Morgan fingerprint density at radius 3 is 2.25 bits per heavy atom. The number of carbonyl (C=O) groups excluding carboxylic acids is 2. The molecule has 0 saturated carbocycles. The van der Waals surface area contributed by atoms with Crippen LogP contribution >= 0.6 is 11.6 Å². The Balaban J connectivity index is 1.85. The maximum Gasteiger partial charge on any atom is 0.435 e. The van der Waals surface area contributed by atoms with Gasteiger partial charge >= 0.3 is 12.4 Å². The zero-order chi connectivity index (χ0) is 30.3. The summed E-state index contributed by atoms with van der Waals surface area (Å²) in [5.74, 6) is -7.09. The number of carbonyl (C=O) groups is 2. The van der Waals surface area contributed by atoms with Crippen molar-refractivity contribution in [3.8, 4) is 0 Å². The van der Waals surface area contributed by atoms with E-state index < -0.39 is 82.9 Å². The molecule has 2 N–H and O–H groups in total. The predicted octanol–water partition coefficient (Wildman–Crippen LogP) is 5.89. The van der Waals surface area contributed by atoms with Crippen molar-refractivity contribution in [1.82, 2.24) is 10.6 Å². The van der Waals surface area contributed by atoms with Crippen LogP contribution in [0.4, 0.5) is 39.5 Å². The maximum atomic E-state index is 14.8. The number of halogens is 10. The van der Waals surface area contributed by atoms with Gasteiger partial charge in [-0.05, 0) is 42.3 Å². The van der Waals surface area contributed by atoms with Crippen LogP contribution in [0.3, 0.4) is 0 Å². The third-order valence-corrected chi connectivity index (χ3v) is 5.99. The lowest BCUT2D eigenvalue weighted by Gasteiger charge is -2.30. The van der Waals surface area contributed by atoms with Crippen LogP contribution in [0.2, 0.25) is 5.02 Å². The Morgan fingerprint density at radius 2 is 1.70 bits per heavy atom. The molecule has 2 amide bonds. The second-order valence-electron chi connectivity index (χ2n) is 9.00. The van der Waals surface area contributed by atoms with Crippen LogP contribution in [0.1, 0.15) is 46.0 Å². The van der Waals surface area contributed by atoms with Crippen molar-refractivity contribution in [2.24, 2.45) is 5.16 Å². The van der Waals surface area contributed by atoms with Crippen molar-refractivity contribution in [2.75, 3.05) is 13.1 Å². The largest absolute Gasteiger partial charge is 0.435 e. The van der Waals surface area contributed by atoms with Gasteiger partial charge in [-0.2, -0.15) is 26.3 Å². The number of alkyl halides is 8. The second-order valence-corrected chi connectivity index (χ2v) is 9.44. The number of oxime groups is 1. The van der Waals surface area contributed by atoms with E-state index in [0.717, 1.165) is 12.1 Å². The minimum Gasteiger partial charge on any atom is -0.374 e. The summed E-state index contributed by atoms with van der Waals surface area (Å²) in [5, 5.41) is 6.68. The van der Waals surface area contributed by atoms with E-state index in [9.17, 15) is 49.1 Å². The predicted molar refractivity (Wildman–Crippen MR) is 124 cm³/mol. The lowest BCUT2D eigenvalue weighted by molar-refractivity contribution is -0.277. The minimum atomic E-state index is -5.44. The van der Waals surface area contributed by atoms with E-state index in [1.165, 1.54) is 13.0 Å². The first-order valence-electron chi connectivity index (χ1n) is 11.2. The number of amides is 2. The van der Waals surface area contributed by atoms with Crippen LogP contribution < -0.4 is 10.6 Å². The lowest BCUT2D eigenvalue weighted by atomic mass is 9.85. The van der Waals surface area contributed by atoms with E-state index in [0.29, 0.717) is 13.0 Å². The lowest BCUT2D eigenvalue weighted by Crippen LogP contribution is -2.43. The molecule has 1 aliphatic rings. The highest BCUT2D eigenvalue weighted by molar-refractivity contribution is 6.30. The quantitative estimate of drug-likeness (QED) is 0.388. The van der Waals surface area contributed by atoms with Crippen LogP contribution in [0.15, 0.2) is 35.5 Å². The molecular formula is C24H19ClF9N3O3. The van der Waals surface area contributed by atoms with Crippen molar-refractivity contribution < 1.29 is 53.9 Å². The molecule has 3 rings (SSSR count). The van der Waals surface area contributed by atoms with Crippen molar-refractivity contribution in [3.63, 3.8) is 0 Å². The summed E-state index contributed by atoms with van der Waals surface area (Å²) >= 11 is 5.60. The molecule has 0 unspecified atom stereocenters. The molecule has 16 heteroatoms. The van der Waals surface area contributed by atoms with Crippen molar-refractivity contribution in [2.45, 2.75) is 44.1 Å². The van der Waals surface area contributed by atoms with Gasteiger partial charge in [-0.25, -0.2) is 13.2 Å². The number of nitrogens with zero attached hydrogens (tertiary/aromatic N) is 1. The molecule has 0 spiro atoms. The number of hydrogen-bond donors (Lipinski definition) is 2. The average Bonchev–Trinajstić information content (AvgIpc) is 3.28. The molecule has 0 saturated heterocycles. The first-order chi connectivity index (χ1) is 18.2. The van der Waals surface area contributed by atoms with Crippen LogP contribution in [0.25, 0.3) is 0 Å². The van der Waals surface area contributed by atoms with Crippen molar-refractivity contribution >= 4 is 29.1 Å². The fraction of sp³-hybridized carbons (Fsp3) is 0.375. The van der Waals surface area contributed by atoms with E-state index in [-0.39, 0.29) is 22.8 Å². The van der Waals surface area contributed by atoms with Crippen LogP contribution in [-0.2, 0) is 21.4 Å². The smallest absolute Gasteiger partial charge is 0.374 e. The highest BCUT2D eigenvalue weighted by Crippen LogP contribution is 2.51. The van der Waals surface area contributed by atoms with Gasteiger partial charge in [0, 0.05) is 23.1 Å². The summed E-state index contributed by atoms with van der Waals surface area (Å²) in [4.78, 5) is 28.7. The van der Waals surface area contributed by atoms with Crippen molar-refractivity contribution in [1.29, 1.82) is 0 Å². The van der Waals surface area contributed by atoms with Gasteiger partial charge in [0.05, 0.1) is 30.8 Å². The normalized spacial score (nSPS) is 17.8. The molecule has 218 valence electrons. The molecule has 1 aliphatic heterocycles. The molecule has 1 heterocycles. The number of aryl methyl sites for hydroxylation is 1. The summed E-state index contributed by atoms with van der Waals surface area (Å²) < 4.78 is 123. The van der Waals surface area contributed by atoms with Crippen molar-refractivity contribution in [3.05, 3.63) is 69.0 Å². The zero-order valence-corrected chi connectivity index (χ0v) is 21.2. The summed E-state index contributed by atoms with van der Waals surface area (Å²) in [7, 11) is 0. The Kier molecular flexibility index (Phi) is 8.40. The standard InChI is InChI=1S/C24H19ClF9N3O3/c1-11-5-12(3-4-14(11)20(39)35-9-18(38)36-10-21(2,27)28)17-8-22(40-37-17,24(32,33)34)15-6-13(25)7-16(19(15)26)23(29,30)31/h3-7H,8-10H2,1-2H3,(H,35,39)(H,36,38)/t22-/m0/s1. The molecule has 0 bridgehead atoms. The highest BCUT2D eigenvalue weighted by atomic mass is 35.5. The molecule has 0 aliphatic carbocycles. The third kappa shape index (κ3) is 6.62. The van der Waals surface area contributed by atoms with Gasteiger partial charge in [0.25, 0.3) is 17.4 Å². The molecule has 6 nitrogen and oxygen atoms in total. The van der Waals surface area contributed by atoms with E-state index in [4.69, 9.17) is 11.6 Å². The maximum absolute atomic E-state index is 14.8. The molecule has 2 aromatic carbocycles. The van der Waals surface area contributed by atoms with Gasteiger partial charge in [0.2, 0.25) is 5.91 Å². The number of rotatable bonds is 7. The van der Waals surface area contributed by atoms with E-state index >= 15 is 0 Å². The SMILES string of the molecule is Cc1cc(C2=NO[C@@](c3cc(Cl)cc(C(F)(F)F)c3F)(C(F)(F)F)C2)ccc1C(=O)NCC(=O)NCC(C)(F)F. The Bertz CT molecular complexity index is 1350. The summed E-state index contributed by atoms with van der Waals surface area (Å²) in [6.45, 7) is 0.377. The topological polar surface area (TPSA) is 79.8 Å². The van der Waals surface area contributed by atoms with E-state index in [1.54, 1.807) is 0 Å². The Hall–Kier alpha value is -3.49. The molecular weight excluding hydrogens is 585 g/mol. The Morgan fingerprint density at radius 1 is 1.05 bits per heavy atom. The van der Waals surface area contributed by atoms with Crippen LogP contribution in [0.5, 0.6) is 0 Å². The van der Waals surface area contributed by atoms with Gasteiger partial charge in [0.1, 0.15) is 5.82 Å². The molecule has 40 heavy (non-hydrogen) atoms. The van der Waals surface area contributed by atoms with Gasteiger partial charge in [-0.3, -0.25) is 9.59 Å². The highest BCUT2D eigenvalue weighted by Gasteiger charge is 2.64. The van der Waals surface area contributed by atoms with Gasteiger partial charge in [-0.1, -0.05) is 22.8 Å². The average molecular weight is 604 g/mol. The number of benzene rings is 2. The van der Waals surface area contributed by atoms with Gasteiger partial charge in [-0.15, -0.1) is 0 Å². The summed E-state index contributed by atoms with van der Waals surface area (Å²) in [6.07, 6.45) is -12.0. The molecule has 0 fully saturated rings.